The van der Waals surface area contributed by atoms with Crippen LogP contribution >= 0.6 is 0 Å². The van der Waals surface area contributed by atoms with Gasteiger partial charge in [-0.1, -0.05) is 0 Å². The fraction of sp³-hybridized carbons (Fsp3) is 0.0400. The SMILES string of the molecule is Cc1c(O)ccc(OB(Oc2c(F)c(F)c(F)c(F)c2F)Oc2c(F)c(F)c(F)c(F)c2F)c1[NH3+].Fc1[c-]c(F)c(F)c(F)c1F. The number of phenols is 1. The number of hydrogen-bond acceptors (Lipinski definition) is 4. The first-order valence-electron chi connectivity index (χ1n) is 11.4. The molecule has 0 aliphatic heterocycles. The smallest absolute Gasteiger partial charge is 0.507 e. The maximum absolute atomic E-state index is 14.1. The molecule has 0 saturated heterocycles. The van der Waals surface area contributed by atoms with E-state index in [1.54, 1.807) is 0 Å². The van der Waals surface area contributed by atoms with Crippen molar-refractivity contribution < 1.29 is 90.7 Å². The zero-order chi connectivity index (χ0) is 34.9. The second-order valence-electron chi connectivity index (χ2n) is 8.32. The molecule has 4 rings (SSSR count). The van der Waals surface area contributed by atoms with Crippen molar-refractivity contribution in [3.63, 3.8) is 0 Å². The van der Waals surface area contributed by atoms with Gasteiger partial charge in [0, 0.05) is 0 Å². The molecule has 0 aliphatic carbocycles. The van der Waals surface area contributed by atoms with E-state index in [0.717, 1.165) is 18.2 Å². The van der Waals surface area contributed by atoms with Crippen molar-refractivity contribution in [2.75, 3.05) is 0 Å². The van der Waals surface area contributed by atoms with Crippen molar-refractivity contribution in [2.45, 2.75) is 6.92 Å². The lowest BCUT2D eigenvalue weighted by molar-refractivity contribution is -0.257. The van der Waals surface area contributed by atoms with Crippen LogP contribution in [0.1, 0.15) is 5.56 Å². The second kappa shape index (κ2) is 13.6. The summed E-state index contributed by atoms with van der Waals surface area (Å²) in [7, 11) is -2.93. The van der Waals surface area contributed by atoms with Crippen molar-refractivity contribution in [2.24, 2.45) is 0 Å². The van der Waals surface area contributed by atoms with Crippen LogP contribution in [-0.4, -0.2) is 12.4 Å². The molecular weight excluding hydrogens is 674 g/mol. The average molecular weight is 683 g/mol. The number of benzene rings is 4. The van der Waals surface area contributed by atoms with Gasteiger partial charge in [0.15, 0.2) is 22.9 Å². The summed E-state index contributed by atoms with van der Waals surface area (Å²) in [5.74, 6) is -40.5. The molecule has 4 N–H and O–H groups in total. The third-order valence-electron chi connectivity index (χ3n) is 5.51. The summed E-state index contributed by atoms with van der Waals surface area (Å²) in [6, 6.07) is 2.89. The lowest BCUT2D eigenvalue weighted by Gasteiger charge is -2.19. The maximum Gasteiger partial charge on any atom is 0.864 e. The van der Waals surface area contributed by atoms with Crippen LogP contribution in [0.15, 0.2) is 12.1 Å². The molecule has 0 aliphatic rings. The first-order chi connectivity index (χ1) is 21.3. The van der Waals surface area contributed by atoms with Crippen molar-refractivity contribution in [3.8, 4) is 23.0 Å². The Morgan fingerprint density at radius 1 is 0.522 bits per heavy atom. The summed E-state index contributed by atoms with van der Waals surface area (Å²) in [5, 5.41) is 9.65. The molecule has 46 heavy (non-hydrogen) atoms. The molecule has 21 heteroatoms. The maximum atomic E-state index is 14.1. The fourth-order valence-electron chi connectivity index (χ4n) is 3.07. The summed E-state index contributed by atoms with van der Waals surface area (Å²) >= 11 is 0. The molecule has 0 spiro atoms. The van der Waals surface area contributed by atoms with Gasteiger partial charge in [-0.25, -0.2) is 39.5 Å². The zero-order valence-electron chi connectivity index (χ0n) is 21.8. The van der Waals surface area contributed by atoms with E-state index in [1.807, 2.05) is 0 Å². The molecule has 0 amide bonds. The van der Waals surface area contributed by atoms with Gasteiger partial charge in [-0.3, -0.25) is 8.78 Å². The molecule has 5 nitrogen and oxygen atoms in total. The van der Waals surface area contributed by atoms with Crippen molar-refractivity contribution >= 4 is 13.0 Å². The Balaban J connectivity index is 0.000000441. The highest BCUT2D eigenvalue weighted by Gasteiger charge is 2.40. The highest BCUT2D eigenvalue weighted by molar-refractivity contribution is 6.39. The van der Waals surface area contributed by atoms with Crippen LogP contribution in [0.5, 0.6) is 23.0 Å². The zero-order valence-corrected chi connectivity index (χ0v) is 21.8. The van der Waals surface area contributed by atoms with Crippen LogP contribution in [0.2, 0.25) is 0 Å². The Hall–Kier alpha value is -4.95. The van der Waals surface area contributed by atoms with Gasteiger partial charge in [0.05, 0.1) is 34.6 Å². The molecule has 0 heterocycles. The van der Waals surface area contributed by atoms with E-state index in [0.29, 0.717) is 0 Å². The highest BCUT2D eigenvalue weighted by atomic mass is 19.2. The van der Waals surface area contributed by atoms with Gasteiger partial charge in [0.2, 0.25) is 58.2 Å². The number of hydrogen-bond donors (Lipinski definition) is 2. The van der Waals surface area contributed by atoms with E-state index in [1.165, 1.54) is 6.92 Å². The number of aromatic hydroxyl groups is 1. The molecule has 0 unspecified atom stereocenters. The van der Waals surface area contributed by atoms with Crippen LogP contribution < -0.4 is 19.7 Å². The van der Waals surface area contributed by atoms with Gasteiger partial charge in [-0.05, 0) is 19.1 Å². The first kappa shape index (κ1) is 35.5. The Bertz CT molecular complexity index is 1690. The standard InChI is InChI=1S/C19H8BF10NO4.C6F5/c1-4-5(32)2-3-6(17(4)31)33-20(34-18-13(27)9(23)7(21)10(24)14(18)28)35-19-15(29)11(25)8(22)12(26)16(19)30;7-2-1-3(8)5(10)6(11)4(2)9/h2-3,32H,31H2,1H3;/q;-1/p+1. The van der Waals surface area contributed by atoms with E-state index < -0.39 is 112 Å². The van der Waals surface area contributed by atoms with Crippen LogP contribution in [-0.2, 0) is 0 Å². The quantitative estimate of drug-likeness (QED) is 0.0784. The molecule has 4 aromatic rings. The van der Waals surface area contributed by atoms with Crippen LogP contribution in [0, 0.1) is 100 Å². The second-order valence-corrected chi connectivity index (χ2v) is 8.32. The molecule has 4 aromatic carbocycles. The first-order valence-corrected chi connectivity index (χ1v) is 11.4. The third-order valence-corrected chi connectivity index (χ3v) is 5.51. The van der Waals surface area contributed by atoms with Crippen molar-refractivity contribution in [1.82, 2.24) is 0 Å². The lowest BCUT2D eigenvalue weighted by Crippen LogP contribution is -2.44. The molecule has 0 aromatic heterocycles. The largest absolute Gasteiger partial charge is 0.864 e. The van der Waals surface area contributed by atoms with Gasteiger partial charge in [0.1, 0.15) is 5.75 Å². The number of phenolic OH excluding ortho intramolecular Hbond substituents is 1. The lowest BCUT2D eigenvalue weighted by atomic mass is 10.1. The summed E-state index contributed by atoms with van der Waals surface area (Å²) in [5.41, 5.74) is 3.29. The minimum Gasteiger partial charge on any atom is -0.507 e. The van der Waals surface area contributed by atoms with Gasteiger partial charge < -0.3 is 24.8 Å². The summed E-state index contributed by atoms with van der Waals surface area (Å²) < 4.78 is 211. The number of halogens is 15. The van der Waals surface area contributed by atoms with Gasteiger partial charge in [-0.15, -0.1) is 6.07 Å². The summed E-state index contributed by atoms with van der Waals surface area (Å²) in [6.07, 6.45) is 0. The average Bonchev–Trinajstić information content (AvgIpc) is 3.03. The van der Waals surface area contributed by atoms with Crippen molar-refractivity contribution in [3.05, 3.63) is 111 Å². The summed E-state index contributed by atoms with van der Waals surface area (Å²) in [4.78, 5) is 0. The predicted octanol–water partition coefficient (Wildman–Crippen LogP) is 6.67. The molecule has 0 saturated carbocycles. The topological polar surface area (TPSA) is 75.6 Å². The normalized spacial score (nSPS) is 10.8. The monoisotopic (exact) mass is 683 g/mol. The molecule has 0 atom stereocenters. The van der Waals surface area contributed by atoms with Crippen molar-refractivity contribution in [1.29, 1.82) is 0 Å². The number of rotatable bonds is 6. The molecule has 246 valence electrons. The minimum absolute atomic E-state index is 0.0220. The number of quaternary nitrogens is 1. The minimum atomic E-state index is -2.93. The van der Waals surface area contributed by atoms with Gasteiger partial charge in [0.25, 0.3) is 0 Å². The Morgan fingerprint density at radius 2 is 0.848 bits per heavy atom. The predicted molar refractivity (Wildman–Crippen MR) is 121 cm³/mol. The Morgan fingerprint density at radius 3 is 1.22 bits per heavy atom. The summed E-state index contributed by atoms with van der Waals surface area (Å²) in [6.45, 7) is 1.29. The van der Waals surface area contributed by atoms with E-state index in [9.17, 15) is 71.0 Å². The Kier molecular flexibility index (Phi) is 10.5. The Labute approximate surface area is 245 Å². The van der Waals surface area contributed by atoms with E-state index in [-0.39, 0.29) is 17.0 Å². The fourth-order valence-corrected chi connectivity index (χ4v) is 3.07. The van der Waals surface area contributed by atoms with Crippen LogP contribution in [0.3, 0.4) is 0 Å². The van der Waals surface area contributed by atoms with E-state index >= 15 is 0 Å². The molecule has 0 fully saturated rings. The molecule has 0 radical (unpaired) electrons. The van der Waals surface area contributed by atoms with Gasteiger partial charge >= 0.3 is 7.32 Å². The van der Waals surface area contributed by atoms with E-state index in [2.05, 4.69) is 15.0 Å². The van der Waals surface area contributed by atoms with Crippen LogP contribution in [0.25, 0.3) is 0 Å². The van der Waals surface area contributed by atoms with Crippen LogP contribution in [0.4, 0.5) is 71.5 Å². The van der Waals surface area contributed by atoms with Gasteiger partial charge in [-0.2, -0.15) is 17.6 Å². The third kappa shape index (κ3) is 6.67. The molecule has 0 bridgehead atoms. The van der Waals surface area contributed by atoms with E-state index in [4.69, 9.17) is 4.65 Å². The molecular formula is C25H9BF15NO4. The highest BCUT2D eigenvalue weighted by Crippen LogP contribution is 2.35.